The van der Waals surface area contributed by atoms with Crippen LogP contribution in [-0.4, -0.2) is 49.6 Å². The Kier molecular flexibility index (Phi) is 9.71. The zero-order valence-corrected chi connectivity index (χ0v) is 21.2. The average Bonchev–Trinajstić information content (AvgIpc) is 2.82. The van der Waals surface area contributed by atoms with Crippen molar-refractivity contribution >= 4 is 27.8 Å². The van der Waals surface area contributed by atoms with E-state index in [0.29, 0.717) is 23.9 Å². The summed E-state index contributed by atoms with van der Waals surface area (Å²) in [4.78, 5) is 19.5. The first-order valence-electron chi connectivity index (χ1n) is 11.5. The molecule has 1 amide bonds. The molecule has 34 heavy (non-hydrogen) atoms. The van der Waals surface area contributed by atoms with Gasteiger partial charge in [-0.05, 0) is 63.1 Å². The Balaban J connectivity index is 1.59. The third-order valence-corrected chi connectivity index (χ3v) is 6.39. The fraction of sp³-hybridized carbons (Fsp3) is 0.440. The number of carbonyl (C=O) groups excluding carboxylic acids is 1. The van der Waals surface area contributed by atoms with Crippen LogP contribution in [0.3, 0.4) is 0 Å². The number of likely N-dealkylation sites (tertiary alicyclic amines) is 1. The number of hydrogen-bond donors (Lipinski definition) is 2. The summed E-state index contributed by atoms with van der Waals surface area (Å²) in [6.45, 7) is 4.84. The summed E-state index contributed by atoms with van der Waals surface area (Å²) in [6, 6.07) is 10.2. The van der Waals surface area contributed by atoms with Gasteiger partial charge in [0.25, 0.3) is 5.91 Å². The Hall–Kier alpha value is -2.65. The number of amides is 1. The molecule has 0 bridgehead atoms. The first-order chi connectivity index (χ1) is 16.4. The number of rotatable bonds is 9. The van der Waals surface area contributed by atoms with Crippen LogP contribution < -0.4 is 20.5 Å². The number of carbonyl (C=O) groups is 1. The first-order valence-corrected chi connectivity index (χ1v) is 12.3. The Morgan fingerprint density at radius 2 is 2.15 bits per heavy atom. The van der Waals surface area contributed by atoms with Gasteiger partial charge in [0, 0.05) is 29.2 Å². The van der Waals surface area contributed by atoms with E-state index >= 15 is 0 Å². The number of methoxy groups -OCH3 is 1. The van der Waals surface area contributed by atoms with Crippen LogP contribution in [0.4, 0.5) is 4.39 Å². The second-order valence-corrected chi connectivity index (χ2v) is 9.23. The number of nitrogens with two attached hydrogens (primary N) is 1. The zero-order chi connectivity index (χ0) is 24.5. The van der Waals surface area contributed by atoms with Crippen LogP contribution in [0.25, 0.3) is 0 Å². The van der Waals surface area contributed by atoms with Gasteiger partial charge >= 0.3 is 0 Å². The lowest BCUT2D eigenvalue weighted by molar-refractivity contribution is 0.0971. The van der Waals surface area contributed by atoms with E-state index in [-0.39, 0.29) is 23.9 Å². The van der Waals surface area contributed by atoms with Crippen molar-refractivity contribution in [2.24, 2.45) is 10.7 Å². The summed E-state index contributed by atoms with van der Waals surface area (Å²) in [5, 5.41) is 2.54. The highest BCUT2D eigenvalue weighted by Crippen LogP contribution is 2.28. The first kappa shape index (κ1) is 26.0. The third kappa shape index (κ3) is 7.17. The Morgan fingerprint density at radius 3 is 2.91 bits per heavy atom. The molecule has 9 heteroatoms. The molecule has 2 aromatic rings. The molecule has 3 N–H and O–H groups in total. The molecule has 1 unspecified atom stereocenters. The van der Waals surface area contributed by atoms with Crippen molar-refractivity contribution in [1.29, 1.82) is 0 Å². The molecular weight excluding hydrogens is 503 g/mol. The molecule has 0 radical (unpaired) electrons. The summed E-state index contributed by atoms with van der Waals surface area (Å²) < 4.78 is 26.4. The Bertz CT molecular complexity index is 1020. The molecule has 1 aliphatic rings. The van der Waals surface area contributed by atoms with E-state index < -0.39 is 11.7 Å². The summed E-state index contributed by atoms with van der Waals surface area (Å²) >= 11 is 3.40. The Labute approximate surface area is 208 Å². The van der Waals surface area contributed by atoms with Crippen molar-refractivity contribution in [3.63, 3.8) is 0 Å². The molecule has 3 rings (SSSR count). The van der Waals surface area contributed by atoms with E-state index in [0.717, 1.165) is 24.0 Å². The van der Waals surface area contributed by atoms with Crippen molar-refractivity contribution in [1.82, 2.24) is 10.2 Å². The zero-order valence-electron chi connectivity index (χ0n) is 19.7. The van der Waals surface area contributed by atoms with Crippen LogP contribution in [0.1, 0.15) is 48.5 Å². The predicted molar refractivity (Wildman–Crippen MR) is 135 cm³/mol. The molecule has 0 saturated carbocycles. The van der Waals surface area contributed by atoms with Crippen molar-refractivity contribution in [2.45, 2.75) is 45.3 Å². The van der Waals surface area contributed by atoms with Crippen molar-refractivity contribution < 1.29 is 18.7 Å². The maximum Gasteiger partial charge on any atom is 0.261 e. The lowest BCUT2D eigenvalue weighted by Gasteiger charge is -2.33. The molecule has 0 aliphatic carbocycles. The van der Waals surface area contributed by atoms with Crippen LogP contribution in [-0.2, 0) is 6.61 Å². The summed E-state index contributed by atoms with van der Waals surface area (Å²) in [6.07, 6.45) is 4.60. The second-order valence-electron chi connectivity index (χ2n) is 8.32. The highest BCUT2D eigenvalue weighted by molar-refractivity contribution is 9.10. The van der Waals surface area contributed by atoms with Gasteiger partial charge in [-0.3, -0.25) is 15.1 Å². The van der Waals surface area contributed by atoms with Crippen LogP contribution in [0.2, 0.25) is 0 Å². The number of benzene rings is 2. The lowest BCUT2D eigenvalue weighted by atomic mass is 10.0. The van der Waals surface area contributed by atoms with E-state index in [9.17, 15) is 9.18 Å². The smallest absolute Gasteiger partial charge is 0.261 e. The molecule has 2 aromatic carbocycles. The number of piperidine rings is 1. The van der Waals surface area contributed by atoms with Crippen LogP contribution >= 0.6 is 15.9 Å². The molecule has 184 valence electrons. The highest BCUT2D eigenvalue weighted by atomic mass is 79.9. The number of halogens is 2. The largest absolute Gasteiger partial charge is 0.496 e. The van der Waals surface area contributed by atoms with Gasteiger partial charge < -0.3 is 20.1 Å². The third-order valence-electron chi connectivity index (χ3n) is 5.89. The van der Waals surface area contributed by atoms with Crippen molar-refractivity contribution in [3.05, 3.63) is 57.8 Å². The standard InChI is InChI=1S/C25H32BrFN4O3/c1-17-7-3-4-13-31(17)14-6-12-29-25(28)30-24(32)20-8-5-9-21(27)23(20)34-16-18-15-19(26)10-11-22(18)33-2/h5,8-11,15,17H,3-4,6-7,12-14,16H2,1-2H3,(H3,28,29,30,32). The van der Waals surface area contributed by atoms with Gasteiger partial charge in [-0.2, -0.15) is 0 Å². The van der Waals surface area contributed by atoms with Crippen molar-refractivity contribution in [2.75, 3.05) is 26.7 Å². The minimum Gasteiger partial charge on any atom is -0.496 e. The predicted octanol–water partition coefficient (Wildman–Crippen LogP) is 4.48. The summed E-state index contributed by atoms with van der Waals surface area (Å²) in [5.41, 5.74) is 6.65. The fourth-order valence-electron chi connectivity index (χ4n) is 4.03. The SMILES string of the molecule is COc1ccc(Br)cc1COc1c(F)cccc1C(=O)NC(N)=NCCCN1CCCCC1C. The monoisotopic (exact) mass is 534 g/mol. The van der Waals surface area contributed by atoms with Gasteiger partial charge in [0.2, 0.25) is 0 Å². The minimum atomic E-state index is -0.646. The molecule has 7 nitrogen and oxygen atoms in total. The second kappa shape index (κ2) is 12.7. The molecular formula is C25H32BrFN4O3. The quantitative estimate of drug-likeness (QED) is 0.281. The number of para-hydroxylation sites is 1. The number of hydrogen-bond acceptors (Lipinski definition) is 5. The number of ether oxygens (including phenoxy) is 2. The van der Waals surface area contributed by atoms with E-state index in [1.54, 1.807) is 13.2 Å². The molecule has 1 saturated heterocycles. The van der Waals surface area contributed by atoms with Gasteiger partial charge in [-0.25, -0.2) is 4.39 Å². The van der Waals surface area contributed by atoms with E-state index in [1.165, 1.54) is 37.5 Å². The van der Waals surface area contributed by atoms with Gasteiger partial charge in [0.05, 0.1) is 12.7 Å². The van der Waals surface area contributed by atoms with E-state index in [2.05, 4.69) is 38.1 Å². The topological polar surface area (TPSA) is 89.2 Å². The fourth-order valence-corrected chi connectivity index (χ4v) is 4.44. The number of aliphatic imine (C=N–C) groups is 1. The summed E-state index contributed by atoms with van der Waals surface area (Å²) in [7, 11) is 1.55. The van der Waals surface area contributed by atoms with E-state index in [4.69, 9.17) is 15.2 Å². The normalized spacial score (nSPS) is 16.8. The average molecular weight is 535 g/mol. The van der Waals surface area contributed by atoms with Crippen LogP contribution in [0.5, 0.6) is 11.5 Å². The molecule has 0 aromatic heterocycles. The van der Waals surface area contributed by atoms with Gasteiger partial charge in [-0.15, -0.1) is 0 Å². The summed E-state index contributed by atoms with van der Waals surface area (Å²) in [5.74, 6) is -0.787. The van der Waals surface area contributed by atoms with Crippen LogP contribution in [0.15, 0.2) is 45.9 Å². The van der Waals surface area contributed by atoms with Crippen LogP contribution in [0, 0.1) is 5.82 Å². The van der Waals surface area contributed by atoms with Crippen molar-refractivity contribution in [3.8, 4) is 11.5 Å². The molecule has 0 spiro atoms. The molecule has 1 aliphatic heterocycles. The Morgan fingerprint density at radius 1 is 1.32 bits per heavy atom. The minimum absolute atomic E-state index is 0.000521. The molecule has 1 heterocycles. The van der Waals surface area contributed by atoms with E-state index in [1.807, 2.05) is 12.1 Å². The number of nitrogens with one attached hydrogen (secondary N) is 1. The number of nitrogens with zero attached hydrogens (tertiary/aromatic N) is 2. The maximum absolute atomic E-state index is 14.6. The van der Waals surface area contributed by atoms with Gasteiger partial charge in [-0.1, -0.05) is 28.4 Å². The number of guanidine groups is 1. The maximum atomic E-state index is 14.6. The molecule has 1 fully saturated rings. The van der Waals surface area contributed by atoms with Gasteiger partial charge in [0.1, 0.15) is 12.4 Å². The molecule has 1 atom stereocenters. The van der Waals surface area contributed by atoms with Gasteiger partial charge in [0.15, 0.2) is 17.5 Å². The lowest BCUT2D eigenvalue weighted by Crippen LogP contribution is -2.39. The highest BCUT2D eigenvalue weighted by Gasteiger charge is 2.19.